The molecule has 6 heteroatoms. The highest BCUT2D eigenvalue weighted by atomic mass is 32.2. The number of nitrogens with zero attached hydrogens (tertiary/aromatic N) is 1. The maximum atomic E-state index is 12.6. The van der Waals surface area contributed by atoms with Gasteiger partial charge in [0, 0.05) is 23.6 Å². The van der Waals surface area contributed by atoms with E-state index in [4.69, 9.17) is 0 Å². The fourth-order valence-corrected chi connectivity index (χ4v) is 4.94. The van der Waals surface area contributed by atoms with Gasteiger partial charge in [0.25, 0.3) is 5.56 Å². The van der Waals surface area contributed by atoms with Crippen LogP contribution in [0.2, 0.25) is 0 Å². The lowest BCUT2D eigenvalue weighted by atomic mass is 10.1. The molecule has 1 aromatic carbocycles. The van der Waals surface area contributed by atoms with Crippen LogP contribution in [0, 0.1) is 19.8 Å². The maximum Gasteiger partial charge on any atom is 0.329 e. The highest BCUT2D eigenvalue weighted by molar-refractivity contribution is 7.99. The van der Waals surface area contributed by atoms with Crippen LogP contribution in [0.5, 0.6) is 0 Å². The van der Waals surface area contributed by atoms with Crippen molar-refractivity contribution in [2.45, 2.75) is 56.5 Å². The summed E-state index contributed by atoms with van der Waals surface area (Å²) >= 11 is 1.48. The number of benzene rings is 1. The molecule has 0 radical (unpaired) electrons. The second kappa shape index (κ2) is 8.31. The Labute approximate surface area is 163 Å². The van der Waals surface area contributed by atoms with Gasteiger partial charge in [0.15, 0.2) is 0 Å². The molecule has 0 bridgehead atoms. The standard InChI is InChI=1S/C21H26N2O3S/c1-4-18-19(25)22-21(26)23(11-15-5-6-16(10-15)12-24)20(18)27-17-8-13(2)7-14(3)9-17/h5,7-9,16,24H,4,6,10-12H2,1-3H3,(H,22,25,26). The first-order chi connectivity index (χ1) is 12.9. The number of hydrogen-bond acceptors (Lipinski definition) is 4. The summed E-state index contributed by atoms with van der Waals surface area (Å²) < 4.78 is 1.67. The lowest BCUT2D eigenvalue weighted by Crippen LogP contribution is -2.34. The number of rotatable bonds is 6. The van der Waals surface area contributed by atoms with Gasteiger partial charge in [0.2, 0.25) is 0 Å². The van der Waals surface area contributed by atoms with Gasteiger partial charge in [-0.25, -0.2) is 4.79 Å². The molecule has 0 fully saturated rings. The molecular formula is C21H26N2O3S. The predicted octanol–water partition coefficient (Wildman–Crippen LogP) is 3.20. The average molecular weight is 387 g/mol. The fourth-order valence-electron chi connectivity index (χ4n) is 3.61. The van der Waals surface area contributed by atoms with Crippen molar-refractivity contribution in [2.75, 3.05) is 6.61 Å². The van der Waals surface area contributed by atoms with Gasteiger partial charge < -0.3 is 5.11 Å². The van der Waals surface area contributed by atoms with Gasteiger partial charge >= 0.3 is 5.69 Å². The van der Waals surface area contributed by atoms with Gasteiger partial charge in [0.1, 0.15) is 0 Å². The maximum absolute atomic E-state index is 12.6. The zero-order valence-electron chi connectivity index (χ0n) is 16.0. The number of allylic oxidation sites excluding steroid dienone is 2. The number of nitrogens with one attached hydrogen (secondary N) is 1. The van der Waals surface area contributed by atoms with Crippen molar-refractivity contribution < 1.29 is 5.11 Å². The summed E-state index contributed by atoms with van der Waals surface area (Å²) in [5.41, 5.74) is 3.39. The lowest BCUT2D eigenvalue weighted by Gasteiger charge is -2.16. The molecule has 1 unspecified atom stereocenters. The van der Waals surface area contributed by atoms with E-state index < -0.39 is 0 Å². The summed E-state index contributed by atoms with van der Waals surface area (Å²) in [6.45, 7) is 6.63. The minimum atomic E-state index is -0.377. The molecule has 0 saturated heterocycles. The van der Waals surface area contributed by atoms with Crippen molar-refractivity contribution in [3.63, 3.8) is 0 Å². The van der Waals surface area contributed by atoms with Gasteiger partial charge in [-0.2, -0.15) is 0 Å². The van der Waals surface area contributed by atoms with Gasteiger partial charge in [-0.3, -0.25) is 14.3 Å². The Hall–Kier alpha value is -2.05. The van der Waals surface area contributed by atoms with Crippen molar-refractivity contribution in [1.82, 2.24) is 9.55 Å². The van der Waals surface area contributed by atoms with E-state index in [1.807, 2.05) is 20.8 Å². The van der Waals surface area contributed by atoms with E-state index in [2.05, 4.69) is 29.3 Å². The molecule has 27 heavy (non-hydrogen) atoms. The number of hydrogen-bond donors (Lipinski definition) is 2. The molecule has 144 valence electrons. The quantitative estimate of drug-likeness (QED) is 0.591. The molecule has 2 N–H and O–H groups in total. The molecule has 0 saturated carbocycles. The summed E-state index contributed by atoms with van der Waals surface area (Å²) in [6, 6.07) is 6.25. The third-order valence-electron chi connectivity index (χ3n) is 4.92. The Morgan fingerprint density at radius 3 is 2.52 bits per heavy atom. The summed E-state index contributed by atoms with van der Waals surface area (Å²) in [7, 11) is 0. The fraction of sp³-hybridized carbons (Fsp3) is 0.429. The van der Waals surface area contributed by atoms with Crippen molar-refractivity contribution in [3.05, 3.63) is 67.4 Å². The molecule has 1 aromatic heterocycles. The van der Waals surface area contributed by atoms with Crippen LogP contribution >= 0.6 is 11.8 Å². The molecule has 5 nitrogen and oxygen atoms in total. The second-order valence-corrected chi connectivity index (χ2v) is 8.32. The normalized spacial score (nSPS) is 16.6. The van der Waals surface area contributed by atoms with Crippen LogP contribution in [0.25, 0.3) is 0 Å². The Kier molecular flexibility index (Phi) is 6.07. The summed E-state index contributed by atoms with van der Waals surface area (Å²) in [5, 5.41) is 10.1. The first kappa shape index (κ1) is 19.7. The third kappa shape index (κ3) is 4.45. The van der Waals surface area contributed by atoms with Crippen LogP contribution in [-0.4, -0.2) is 21.3 Å². The Morgan fingerprint density at radius 1 is 1.22 bits per heavy atom. The van der Waals surface area contributed by atoms with E-state index in [1.165, 1.54) is 11.8 Å². The number of aromatic nitrogens is 2. The first-order valence-electron chi connectivity index (χ1n) is 9.32. The molecule has 1 heterocycles. The summed E-state index contributed by atoms with van der Waals surface area (Å²) in [4.78, 5) is 28.5. The first-order valence-corrected chi connectivity index (χ1v) is 10.1. The highest BCUT2D eigenvalue weighted by Crippen LogP contribution is 2.32. The van der Waals surface area contributed by atoms with Gasteiger partial charge in [0.05, 0.1) is 5.03 Å². The van der Waals surface area contributed by atoms with Crippen LogP contribution in [0.1, 0.15) is 36.5 Å². The molecule has 3 rings (SSSR count). The second-order valence-electron chi connectivity index (χ2n) is 7.26. The third-order valence-corrected chi connectivity index (χ3v) is 6.05. The predicted molar refractivity (Wildman–Crippen MR) is 109 cm³/mol. The van der Waals surface area contributed by atoms with Crippen LogP contribution in [0.15, 0.2) is 49.4 Å². The number of aryl methyl sites for hydroxylation is 2. The Bertz CT molecular complexity index is 968. The largest absolute Gasteiger partial charge is 0.396 e. The van der Waals surface area contributed by atoms with Gasteiger partial charge in [-0.15, -0.1) is 0 Å². The monoisotopic (exact) mass is 386 g/mol. The van der Waals surface area contributed by atoms with Gasteiger partial charge in [-0.1, -0.05) is 36.4 Å². The zero-order chi connectivity index (χ0) is 19.6. The van der Waals surface area contributed by atoms with Crippen LogP contribution in [0.4, 0.5) is 0 Å². The molecule has 2 aromatic rings. The SMILES string of the molecule is CCc1c(Sc2cc(C)cc(C)c2)n(CC2=CCC(CO)C2)c(=O)[nH]c1=O. The Balaban J connectivity index is 2.04. The minimum Gasteiger partial charge on any atom is -0.396 e. The van der Waals surface area contributed by atoms with Crippen molar-refractivity contribution >= 4 is 11.8 Å². The Morgan fingerprint density at radius 2 is 1.93 bits per heavy atom. The molecular weight excluding hydrogens is 360 g/mol. The number of H-pyrrole nitrogens is 1. The average Bonchev–Trinajstić information content (AvgIpc) is 3.05. The number of aromatic amines is 1. The topological polar surface area (TPSA) is 75.1 Å². The number of aliphatic hydroxyl groups is 1. The molecule has 0 amide bonds. The summed E-state index contributed by atoms with van der Waals surface area (Å²) in [5.74, 6) is 0.236. The van der Waals surface area contributed by atoms with E-state index in [9.17, 15) is 14.7 Å². The summed E-state index contributed by atoms with van der Waals surface area (Å²) in [6.07, 6.45) is 4.29. The zero-order valence-corrected chi connectivity index (χ0v) is 16.9. The van der Waals surface area contributed by atoms with E-state index in [-0.39, 0.29) is 23.8 Å². The van der Waals surface area contributed by atoms with E-state index in [1.54, 1.807) is 4.57 Å². The van der Waals surface area contributed by atoms with E-state index in [0.717, 1.165) is 34.4 Å². The molecule has 1 atom stereocenters. The van der Waals surface area contributed by atoms with Crippen molar-refractivity contribution in [3.8, 4) is 0 Å². The van der Waals surface area contributed by atoms with Crippen LogP contribution in [0.3, 0.4) is 0 Å². The minimum absolute atomic E-state index is 0.158. The molecule has 0 spiro atoms. The van der Waals surface area contributed by atoms with E-state index in [0.29, 0.717) is 23.6 Å². The van der Waals surface area contributed by atoms with Crippen molar-refractivity contribution in [2.24, 2.45) is 5.92 Å². The molecule has 1 aliphatic rings. The molecule has 1 aliphatic carbocycles. The van der Waals surface area contributed by atoms with Gasteiger partial charge in [-0.05, 0) is 62.3 Å². The van der Waals surface area contributed by atoms with Crippen LogP contribution < -0.4 is 11.2 Å². The van der Waals surface area contributed by atoms with E-state index >= 15 is 0 Å². The van der Waals surface area contributed by atoms with Crippen molar-refractivity contribution in [1.29, 1.82) is 0 Å². The lowest BCUT2D eigenvalue weighted by molar-refractivity contribution is 0.232. The smallest absolute Gasteiger partial charge is 0.329 e. The van der Waals surface area contributed by atoms with Crippen LogP contribution in [-0.2, 0) is 13.0 Å². The number of aliphatic hydroxyl groups excluding tert-OH is 1. The molecule has 0 aliphatic heterocycles. The highest BCUT2D eigenvalue weighted by Gasteiger charge is 2.20.